The second-order valence-corrected chi connectivity index (χ2v) is 5.68. The number of benzene rings is 1. The number of hydrogen-bond donors (Lipinski definition) is 1. The summed E-state index contributed by atoms with van der Waals surface area (Å²) in [4.78, 5) is 4.42. The summed E-state index contributed by atoms with van der Waals surface area (Å²) in [5, 5.41) is 0. The van der Waals surface area contributed by atoms with Gasteiger partial charge in [0, 0.05) is 11.7 Å². The third-order valence-electron chi connectivity index (χ3n) is 3.86. The molecule has 0 amide bonds. The summed E-state index contributed by atoms with van der Waals surface area (Å²) in [6, 6.07) is 5.43. The predicted octanol–water partition coefficient (Wildman–Crippen LogP) is 2.78. The average molecular weight is 273 g/mol. The third-order valence-corrected chi connectivity index (χ3v) is 3.86. The van der Waals surface area contributed by atoms with Gasteiger partial charge in [-0.05, 0) is 56.7 Å². The summed E-state index contributed by atoms with van der Waals surface area (Å²) in [7, 11) is 0. The molecule has 0 bridgehead atoms. The van der Waals surface area contributed by atoms with Crippen molar-refractivity contribution in [1.82, 2.24) is 9.55 Å². The highest BCUT2D eigenvalue weighted by atomic mass is 19.1. The second kappa shape index (κ2) is 5.37. The number of aromatic nitrogens is 2. The Morgan fingerprint density at radius 2 is 2.15 bits per heavy atom. The first-order valence-electron chi connectivity index (χ1n) is 7.24. The highest BCUT2D eigenvalue weighted by Crippen LogP contribution is 2.25. The lowest BCUT2D eigenvalue weighted by Gasteiger charge is -2.15. The standard InChI is InChI=1S/C16H20FN3/c1-11(18)8-12-6-7-15(13(17)9-12)20-10-19-14-4-2-3-5-16(14)20/h6-7,9-11H,2-5,8,18H2,1H3. The lowest BCUT2D eigenvalue weighted by molar-refractivity contribution is 0.604. The zero-order valence-corrected chi connectivity index (χ0v) is 11.8. The third kappa shape index (κ3) is 2.48. The van der Waals surface area contributed by atoms with Crippen molar-refractivity contribution in [3.63, 3.8) is 0 Å². The minimum absolute atomic E-state index is 0.0428. The summed E-state index contributed by atoms with van der Waals surface area (Å²) in [6.45, 7) is 1.93. The lowest BCUT2D eigenvalue weighted by Crippen LogP contribution is -2.18. The number of imidazole rings is 1. The van der Waals surface area contributed by atoms with E-state index in [1.165, 1.54) is 6.42 Å². The Bertz CT molecular complexity index is 616. The first kappa shape index (κ1) is 13.3. The fourth-order valence-corrected chi connectivity index (χ4v) is 2.92. The Morgan fingerprint density at radius 3 is 2.90 bits per heavy atom. The van der Waals surface area contributed by atoms with E-state index in [-0.39, 0.29) is 11.9 Å². The van der Waals surface area contributed by atoms with Gasteiger partial charge in [0.2, 0.25) is 0 Å². The smallest absolute Gasteiger partial charge is 0.147 e. The number of fused-ring (bicyclic) bond motifs is 1. The van der Waals surface area contributed by atoms with Gasteiger partial charge in [-0.2, -0.15) is 0 Å². The van der Waals surface area contributed by atoms with Crippen molar-refractivity contribution in [3.8, 4) is 5.69 Å². The highest BCUT2D eigenvalue weighted by Gasteiger charge is 2.18. The van der Waals surface area contributed by atoms with Crippen LogP contribution in [-0.2, 0) is 19.3 Å². The topological polar surface area (TPSA) is 43.8 Å². The van der Waals surface area contributed by atoms with E-state index in [4.69, 9.17) is 5.73 Å². The monoisotopic (exact) mass is 273 g/mol. The molecule has 1 aliphatic rings. The van der Waals surface area contributed by atoms with Crippen LogP contribution in [0, 0.1) is 5.82 Å². The quantitative estimate of drug-likeness (QED) is 0.934. The fourth-order valence-electron chi connectivity index (χ4n) is 2.92. The van der Waals surface area contributed by atoms with Gasteiger partial charge in [0.1, 0.15) is 5.82 Å². The largest absolute Gasteiger partial charge is 0.328 e. The van der Waals surface area contributed by atoms with E-state index in [1.54, 1.807) is 12.4 Å². The van der Waals surface area contributed by atoms with Crippen molar-refractivity contribution in [2.45, 2.75) is 45.1 Å². The Hall–Kier alpha value is -1.68. The molecular weight excluding hydrogens is 253 g/mol. The molecule has 0 radical (unpaired) electrons. The maximum absolute atomic E-state index is 14.3. The number of hydrogen-bond acceptors (Lipinski definition) is 2. The fraction of sp³-hybridized carbons (Fsp3) is 0.438. The summed E-state index contributed by atoms with van der Waals surface area (Å²) in [5.41, 5.74) is 9.58. The van der Waals surface area contributed by atoms with Crippen LogP contribution in [-0.4, -0.2) is 15.6 Å². The summed E-state index contributed by atoms with van der Waals surface area (Å²) >= 11 is 0. The molecule has 2 N–H and O–H groups in total. The molecule has 1 aromatic heterocycles. The van der Waals surface area contributed by atoms with E-state index in [9.17, 15) is 4.39 Å². The molecule has 0 saturated heterocycles. The molecular formula is C16H20FN3. The van der Waals surface area contributed by atoms with Crippen LogP contribution in [0.5, 0.6) is 0 Å². The van der Waals surface area contributed by atoms with Gasteiger partial charge in [0.15, 0.2) is 0 Å². The average Bonchev–Trinajstić information content (AvgIpc) is 2.82. The Labute approximate surface area is 118 Å². The maximum atomic E-state index is 14.3. The predicted molar refractivity (Wildman–Crippen MR) is 77.5 cm³/mol. The van der Waals surface area contributed by atoms with E-state index >= 15 is 0 Å². The van der Waals surface area contributed by atoms with Crippen LogP contribution in [0.3, 0.4) is 0 Å². The van der Waals surface area contributed by atoms with Crippen molar-refractivity contribution in [1.29, 1.82) is 0 Å². The van der Waals surface area contributed by atoms with Gasteiger partial charge in [-0.15, -0.1) is 0 Å². The zero-order chi connectivity index (χ0) is 14.1. The van der Waals surface area contributed by atoms with Crippen LogP contribution < -0.4 is 5.73 Å². The number of nitrogens with zero attached hydrogens (tertiary/aromatic N) is 2. The van der Waals surface area contributed by atoms with Gasteiger partial charge in [-0.1, -0.05) is 6.07 Å². The molecule has 106 valence electrons. The van der Waals surface area contributed by atoms with Gasteiger partial charge >= 0.3 is 0 Å². The van der Waals surface area contributed by atoms with Crippen molar-refractivity contribution in [2.75, 3.05) is 0 Å². The molecule has 3 rings (SSSR count). The molecule has 1 unspecified atom stereocenters. The van der Waals surface area contributed by atoms with Gasteiger partial charge < -0.3 is 10.3 Å². The number of nitrogens with two attached hydrogens (primary N) is 1. The van der Waals surface area contributed by atoms with Crippen molar-refractivity contribution >= 4 is 0 Å². The molecule has 1 aromatic carbocycles. The molecule has 0 saturated carbocycles. The summed E-state index contributed by atoms with van der Waals surface area (Å²) in [6.07, 6.45) is 6.77. The summed E-state index contributed by atoms with van der Waals surface area (Å²) in [5.74, 6) is -0.200. The molecule has 0 aliphatic heterocycles. The zero-order valence-electron chi connectivity index (χ0n) is 11.8. The minimum Gasteiger partial charge on any atom is -0.328 e. The van der Waals surface area contributed by atoms with Crippen LogP contribution in [0.4, 0.5) is 4.39 Å². The first-order valence-corrected chi connectivity index (χ1v) is 7.24. The van der Waals surface area contributed by atoms with E-state index in [2.05, 4.69) is 4.98 Å². The van der Waals surface area contributed by atoms with Crippen LogP contribution in [0.15, 0.2) is 24.5 Å². The Balaban J connectivity index is 1.96. The van der Waals surface area contributed by atoms with Crippen molar-refractivity contribution in [3.05, 3.63) is 47.3 Å². The van der Waals surface area contributed by atoms with Gasteiger partial charge in [-0.25, -0.2) is 9.37 Å². The first-order chi connectivity index (χ1) is 9.65. The maximum Gasteiger partial charge on any atom is 0.147 e. The number of aryl methyl sites for hydroxylation is 1. The molecule has 2 aromatic rings. The van der Waals surface area contributed by atoms with Crippen LogP contribution in [0.1, 0.15) is 36.7 Å². The van der Waals surface area contributed by atoms with Crippen molar-refractivity contribution in [2.24, 2.45) is 5.73 Å². The number of rotatable bonds is 3. The molecule has 0 spiro atoms. The van der Waals surface area contributed by atoms with E-state index in [0.717, 1.165) is 36.2 Å². The van der Waals surface area contributed by atoms with Crippen LogP contribution in [0.25, 0.3) is 5.69 Å². The molecule has 20 heavy (non-hydrogen) atoms. The molecule has 0 fully saturated rings. The van der Waals surface area contributed by atoms with Gasteiger partial charge in [-0.3, -0.25) is 0 Å². The van der Waals surface area contributed by atoms with Gasteiger partial charge in [0.05, 0.1) is 17.7 Å². The summed E-state index contributed by atoms with van der Waals surface area (Å²) < 4.78 is 16.2. The number of halogens is 1. The van der Waals surface area contributed by atoms with Crippen molar-refractivity contribution < 1.29 is 4.39 Å². The molecule has 1 atom stereocenters. The second-order valence-electron chi connectivity index (χ2n) is 5.68. The minimum atomic E-state index is -0.200. The molecule has 3 nitrogen and oxygen atoms in total. The van der Waals surface area contributed by atoms with E-state index in [0.29, 0.717) is 12.1 Å². The Morgan fingerprint density at radius 1 is 1.35 bits per heavy atom. The highest BCUT2D eigenvalue weighted by molar-refractivity contribution is 5.40. The van der Waals surface area contributed by atoms with E-state index in [1.807, 2.05) is 23.6 Å². The normalized spacial score (nSPS) is 15.9. The lowest BCUT2D eigenvalue weighted by atomic mass is 10.0. The van der Waals surface area contributed by atoms with Crippen LogP contribution in [0.2, 0.25) is 0 Å². The SMILES string of the molecule is CC(N)Cc1ccc(-n2cnc3c2CCCC3)c(F)c1. The molecule has 1 aliphatic carbocycles. The molecule has 1 heterocycles. The molecule has 4 heteroatoms. The van der Waals surface area contributed by atoms with Gasteiger partial charge in [0.25, 0.3) is 0 Å². The van der Waals surface area contributed by atoms with Crippen LogP contribution >= 0.6 is 0 Å². The van der Waals surface area contributed by atoms with E-state index < -0.39 is 0 Å². The Kier molecular flexibility index (Phi) is 3.57.